The molecule has 0 aromatic heterocycles. The largest absolute Gasteiger partial charge is 0.353 e. The molecule has 1 amide bonds. The molecule has 4 fully saturated rings. The third kappa shape index (κ3) is 4.06. The SMILES string of the molecule is CCCCCCCCCC(=O)NC1C2CC3CC(C2)CC1C3. The zero-order chi connectivity index (χ0) is 15.4. The van der Waals surface area contributed by atoms with E-state index in [1.54, 1.807) is 0 Å². The second-order valence-electron chi connectivity index (χ2n) is 8.40. The van der Waals surface area contributed by atoms with Crippen molar-refractivity contribution in [2.45, 2.75) is 96.4 Å². The van der Waals surface area contributed by atoms with E-state index in [2.05, 4.69) is 12.2 Å². The van der Waals surface area contributed by atoms with Crippen molar-refractivity contribution in [3.63, 3.8) is 0 Å². The van der Waals surface area contributed by atoms with E-state index >= 15 is 0 Å². The van der Waals surface area contributed by atoms with E-state index in [4.69, 9.17) is 0 Å². The van der Waals surface area contributed by atoms with E-state index in [1.165, 1.54) is 70.6 Å². The van der Waals surface area contributed by atoms with Crippen molar-refractivity contribution in [2.24, 2.45) is 23.7 Å². The third-order valence-corrected chi connectivity index (χ3v) is 6.56. The maximum absolute atomic E-state index is 12.3. The Kier molecular flexibility index (Phi) is 5.82. The van der Waals surface area contributed by atoms with Gasteiger partial charge in [0.15, 0.2) is 0 Å². The summed E-state index contributed by atoms with van der Waals surface area (Å²) in [6.45, 7) is 2.26. The van der Waals surface area contributed by atoms with Crippen molar-refractivity contribution in [3.8, 4) is 0 Å². The first kappa shape index (κ1) is 16.3. The van der Waals surface area contributed by atoms with Gasteiger partial charge in [-0.05, 0) is 62.2 Å². The molecule has 0 atom stereocenters. The van der Waals surface area contributed by atoms with Crippen LogP contribution in [0.4, 0.5) is 0 Å². The molecule has 4 bridgehead atoms. The van der Waals surface area contributed by atoms with Gasteiger partial charge in [-0.15, -0.1) is 0 Å². The van der Waals surface area contributed by atoms with Crippen LogP contribution >= 0.6 is 0 Å². The standard InChI is InChI=1S/C20H35NO/c1-2-3-4-5-6-7-8-9-19(22)21-20-17-11-15-10-16(13-17)14-18(20)12-15/h15-18,20H,2-14H2,1H3,(H,21,22). The van der Waals surface area contributed by atoms with E-state index in [0.717, 1.165) is 36.5 Å². The van der Waals surface area contributed by atoms with Gasteiger partial charge < -0.3 is 5.32 Å². The third-order valence-electron chi connectivity index (χ3n) is 6.56. The topological polar surface area (TPSA) is 29.1 Å². The maximum atomic E-state index is 12.3. The molecule has 4 saturated carbocycles. The van der Waals surface area contributed by atoms with Crippen LogP contribution in [-0.4, -0.2) is 11.9 Å². The number of carbonyl (C=O) groups is 1. The van der Waals surface area contributed by atoms with Gasteiger partial charge in [-0.3, -0.25) is 4.79 Å². The molecule has 0 heterocycles. The summed E-state index contributed by atoms with van der Waals surface area (Å²) in [6.07, 6.45) is 16.9. The lowest BCUT2D eigenvalue weighted by molar-refractivity contribution is -0.125. The molecule has 0 aromatic carbocycles. The average Bonchev–Trinajstić information content (AvgIpc) is 2.49. The lowest BCUT2D eigenvalue weighted by atomic mass is 9.54. The fraction of sp³-hybridized carbons (Fsp3) is 0.950. The summed E-state index contributed by atoms with van der Waals surface area (Å²) < 4.78 is 0. The lowest BCUT2D eigenvalue weighted by Gasteiger charge is -2.54. The molecule has 22 heavy (non-hydrogen) atoms. The molecule has 0 unspecified atom stereocenters. The van der Waals surface area contributed by atoms with Crippen molar-refractivity contribution in [1.29, 1.82) is 0 Å². The van der Waals surface area contributed by atoms with Gasteiger partial charge in [-0.25, -0.2) is 0 Å². The predicted octanol–water partition coefficient (Wildman–Crippen LogP) is 5.07. The molecule has 2 nitrogen and oxygen atoms in total. The van der Waals surface area contributed by atoms with Crippen molar-refractivity contribution in [1.82, 2.24) is 5.32 Å². The van der Waals surface area contributed by atoms with E-state index < -0.39 is 0 Å². The van der Waals surface area contributed by atoms with Crippen LogP contribution in [-0.2, 0) is 4.79 Å². The van der Waals surface area contributed by atoms with Crippen molar-refractivity contribution in [3.05, 3.63) is 0 Å². The molecular formula is C20H35NO. The molecule has 2 heteroatoms. The summed E-state index contributed by atoms with van der Waals surface area (Å²) in [5.41, 5.74) is 0. The zero-order valence-corrected chi connectivity index (χ0v) is 14.5. The summed E-state index contributed by atoms with van der Waals surface area (Å²) in [4.78, 5) is 12.3. The van der Waals surface area contributed by atoms with Gasteiger partial charge >= 0.3 is 0 Å². The minimum absolute atomic E-state index is 0.339. The minimum Gasteiger partial charge on any atom is -0.353 e. The maximum Gasteiger partial charge on any atom is 0.220 e. The van der Waals surface area contributed by atoms with Gasteiger partial charge in [-0.2, -0.15) is 0 Å². The minimum atomic E-state index is 0.339. The van der Waals surface area contributed by atoms with Crippen molar-refractivity contribution >= 4 is 5.91 Å². The number of hydrogen-bond acceptors (Lipinski definition) is 1. The molecule has 126 valence electrons. The van der Waals surface area contributed by atoms with Crippen LogP contribution in [0.2, 0.25) is 0 Å². The van der Waals surface area contributed by atoms with Crippen LogP contribution in [0.1, 0.15) is 90.4 Å². The molecular weight excluding hydrogens is 270 g/mol. The van der Waals surface area contributed by atoms with Gasteiger partial charge in [0, 0.05) is 12.5 Å². The summed E-state index contributed by atoms with van der Waals surface area (Å²) in [6, 6.07) is 0.532. The Morgan fingerprint density at radius 2 is 1.36 bits per heavy atom. The highest BCUT2D eigenvalue weighted by Crippen LogP contribution is 2.53. The van der Waals surface area contributed by atoms with Crippen molar-refractivity contribution < 1.29 is 4.79 Å². The van der Waals surface area contributed by atoms with Gasteiger partial charge in [0.2, 0.25) is 5.91 Å². The Labute approximate surface area is 136 Å². The summed E-state index contributed by atoms with van der Waals surface area (Å²) in [7, 11) is 0. The molecule has 1 N–H and O–H groups in total. The molecule has 0 saturated heterocycles. The normalized spacial score (nSPS) is 35.8. The van der Waals surface area contributed by atoms with Crippen LogP contribution < -0.4 is 5.32 Å². The number of carbonyl (C=O) groups excluding carboxylic acids is 1. The highest BCUT2D eigenvalue weighted by atomic mass is 16.1. The van der Waals surface area contributed by atoms with Crippen LogP contribution in [0, 0.1) is 23.7 Å². The number of nitrogens with one attached hydrogen (secondary N) is 1. The van der Waals surface area contributed by atoms with E-state index in [9.17, 15) is 4.79 Å². The number of amides is 1. The van der Waals surface area contributed by atoms with Gasteiger partial charge in [0.1, 0.15) is 0 Å². The first-order valence-electron chi connectivity index (χ1n) is 10.1. The molecule has 4 aliphatic rings. The molecule has 0 aliphatic heterocycles. The molecule has 4 aliphatic carbocycles. The van der Waals surface area contributed by atoms with E-state index in [0.29, 0.717) is 11.9 Å². The Bertz CT molecular complexity index is 337. The first-order valence-corrected chi connectivity index (χ1v) is 10.1. The Balaban J connectivity index is 1.31. The molecule has 0 radical (unpaired) electrons. The van der Waals surface area contributed by atoms with Crippen LogP contribution in [0.25, 0.3) is 0 Å². The van der Waals surface area contributed by atoms with E-state index in [-0.39, 0.29) is 0 Å². The van der Waals surface area contributed by atoms with Crippen LogP contribution in [0.15, 0.2) is 0 Å². The highest BCUT2D eigenvalue weighted by Gasteiger charge is 2.48. The van der Waals surface area contributed by atoms with Gasteiger partial charge in [0.05, 0.1) is 0 Å². The molecule has 0 spiro atoms. The Morgan fingerprint density at radius 1 is 0.818 bits per heavy atom. The smallest absolute Gasteiger partial charge is 0.220 e. The summed E-state index contributed by atoms with van der Waals surface area (Å²) >= 11 is 0. The summed E-state index contributed by atoms with van der Waals surface area (Å²) in [5, 5.41) is 3.43. The number of rotatable bonds is 9. The lowest BCUT2D eigenvalue weighted by Crippen LogP contribution is -2.55. The van der Waals surface area contributed by atoms with Gasteiger partial charge in [-0.1, -0.05) is 45.4 Å². The predicted molar refractivity (Wildman–Crippen MR) is 91.6 cm³/mol. The molecule has 0 aromatic rings. The summed E-state index contributed by atoms with van der Waals surface area (Å²) in [5.74, 6) is 3.96. The van der Waals surface area contributed by atoms with Crippen molar-refractivity contribution in [2.75, 3.05) is 0 Å². The number of unbranched alkanes of at least 4 members (excludes halogenated alkanes) is 6. The van der Waals surface area contributed by atoms with Crippen LogP contribution in [0.3, 0.4) is 0 Å². The zero-order valence-electron chi connectivity index (χ0n) is 14.5. The Morgan fingerprint density at radius 3 is 1.95 bits per heavy atom. The first-order chi connectivity index (χ1) is 10.8. The second-order valence-corrected chi connectivity index (χ2v) is 8.40. The number of hydrogen-bond donors (Lipinski definition) is 1. The monoisotopic (exact) mass is 305 g/mol. The fourth-order valence-electron chi connectivity index (χ4n) is 5.66. The van der Waals surface area contributed by atoms with Gasteiger partial charge in [0.25, 0.3) is 0 Å². The van der Waals surface area contributed by atoms with Crippen LogP contribution in [0.5, 0.6) is 0 Å². The molecule has 4 rings (SSSR count). The Hall–Kier alpha value is -0.530. The highest BCUT2D eigenvalue weighted by molar-refractivity contribution is 5.76. The average molecular weight is 306 g/mol. The van der Waals surface area contributed by atoms with E-state index in [1.807, 2.05) is 0 Å². The second kappa shape index (κ2) is 7.84. The fourth-order valence-corrected chi connectivity index (χ4v) is 5.66. The quantitative estimate of drug-likeness (QED) is 0.592.